The van der Waals surface area contributed by atoms with Gasteiger partial charge in [-0.2, -0.15) is 0 Å². The Morgan fingerprint density at radius 3 is 2.81 bits per heavy atom. The van der Waals surface area contributed by atoms with Gasteiger partial charge in [-0.05, 0) is 45.8 Å². The maximum absolute atomic E-state index is 12.4. The van der Waals surface area contributed by atoms with E-state index in [4.69, 9.17) is 21.1 Å². The molecule has 0 radical (unpaired) electrons. The van der Waals surface area contributed by atoms with E-state index in [9.17, 15) is 9.59 Å². The summed E-state index contributed by atoms with van der Waals surface area (Å²) in [6.07, 6.45) is 0.292. The number of morpholine rings is 1. The van der Waals surface area contributed by atoms with Gasteiger partial charge in [0.25, 0.3) is 0 Å². The number of ether oxygens (including phenoxy) is 2. The van der Waals surface area contributed by atoms with Crippen LogP contribution in [0.3, 0.4) is 0 Å². The van der Waals surface area contributed by atoms with Crippen LogP contribution in [-0.2, 0) is 27.3 Å². The largest absolute Gasteiger partial charge is 0.445 e. The lowest BCUT2D eigenvalue weighted by atomic mass is 10.0. The van der Waals surface area contributed by atoms with E-state index in [0.717, 1.165) is 12.0 Å². The van der Waals surface area contributed by atoms with Crippen molar-refractivity contribution in [2.45, 2.75) is 19.1 Å². The summed E-state index contributed by atoms with van der Waals surface area (Å²) in [5.74, 6) is 0. The minimum absolute atomic E-state index is 0.105. The highest BCUT2D eigenvalue weighted by Gasteiger charge is 2.33. The Bertz CT molecular complexity index is 867. The van der Waals surface area contributed by atoms with Crippen LogP contribution in [0.4, 0.5) is 4.79 Å². The number of hydrogen-bond donors (Lipinski definition) is 0. The molecule has 1 atom stereocenters. The predicted molar refractivity (Wildman–Crippen MR) is 97.0 cm³/mol. The highest BCUT2D eigenvalue weighted by Crippen LogP contribution is 2.38. The van der Waals surface area contributed by atoms with E-state index in [1.165, 1.54) is 27.2 Å². The molecule has 1 fully saturated rings. The molecule has 4 rings (SSSR count). The Kier molecular flexibility index (Phi) is 4.66. The fourth-order valence-corrected chi connectivity index (χ4v) is 3.77. The molecule has 0 saturated carbocycles. The molecule has 5 nitrogen and oxygen atoms in total. The third-order valence-corrected chi connectivity index (χ3v) is 5.18. The smallest absolute Gasteiger partial charge is 0.410 e. The Hall–Kier alpha value is -2.37. The van der Waals surface area contributed by atoms with E-state index in [-0.39, 0.29) is 13.2 Å². The van der Waals surface area contributed by atoms with Gasteiger partial charge in [0.2, 0.25) is 5.24 Å². The first-order valence-electron chi connectivity index (χ1n) is 8.54. The monoisotopic (exact) mass is 371 g/mol. The van der Waals surface area contributed by atoms with Crippen LogP contribution in [0.25, 0.3) is 11.1 Å². The molecule has 2 aromatic rings. The van der Waals surface area contributed by atoms with Crippen molar-refractivity contribution in [1.82, 2.24) is 4.90 Å². The summed E-state index contributed by atoms with van der Waals surface area (Å²) in [6, 6.07) is 13.6. The number of carbonyl (C=O) groups is 2. The second-order valence-corrected chi connectivity index (χ2v) is 6.79. The molecule has 26 heavy (non-hydrogen) atoms. The van der Waals surface area contributed by atoms with Gasteiger partial charge in [0.05, 0.1) is 13.2 Å². The third kappa shape index (κ3) is 3.08. The Morgan fingerprint density at radius 1 is 1.15 bits per heavy atom. The Morgan fingerprint density at radius 2 is 1.96 bits per heavy atom. The molecule has 1 aliphatic heterocycles. The van der Waals surface area contributed by atoms with Gasteiger partial charge in [-0.15, -0.1) is 0 Å². The molecule has 0 bridgehead atoms. The van der Waals surface area contributed by atoms with Crippen LogP contribution in [0.5, 0.6) is 0 Å². The van der Waals surface area contributed by atoms with Crippen LogP contribution in [-0.4, -0.2) is 42.0 Å². The molecule has 1 aliphatic carbocycles. The molecule has 1 saturated heterocycles. The summed E-state index contributed by atoms with van der Waals surface area (Å²) in [6.45, 7) is 0.927. The minimum Gasteiger partial charge on any atom is -0.445 e. The average molecular weight is 372 g/mol. The zero-order valence-electron chi connectivity index (χ0n) is 14.1. The van der Waals surface area contributed by atoms with Crippen molar-refractivity contribution in [3.63, 3.8) is 0 Å². The summed E-state index contributed by atoms with van der Waals surface area (Å²) in [5.41, 5.74) is 5.87. The number of benzene rings is 2. The lowest BCUT2D eigenvalue weighted by Crippen LogP contribution is -2.51. The summed E-state index contributed by atoms with van der Waals surface area (Å²) in [4.78, 5) is 25.3. The summed E-state index contributed by atoms with van der Waals surface area (Å²) < 4.78 is 10.7. The van der Waals surface area contributed by atoms with Gasteiger partial charge in [0, 0.05) is 6.54 Å². The maximum atomic E-state index is 12.4. The maximum Gasteiger partial charge on any atom is 0.410 e. The van der Waals surface area contributed by atoms with Crippen LogP contribution < -0.4 is 0 Å². The van der Waals surface area contributed by atoms with Crippen molar-refractivity contribution in [3.8, 4) is 11.1 Å². The Labute approximate surface area is 156 Å². The third-order valence-electron chi connectivity index (χ3n) is 4.92. The molecular formula is C20H18ClNO4. The van der Waals surface area contributed by atoms with Gasteiger partial charge in [0.15, 0.2) is 0 Å². The van der Waals surface area contributed by atoms with Crippen molar-refractivity contribution >= 4 is 22.9 Å². The second-order valence-electron chi connectivity index (χ2n) is 6.42. The topological polar surface area (TPSA) is 55.8 Å². The van der Waals surface area contributed by atoms with E-state index in [1.807, 2.05) is 24.3 Å². The van der Waals surface area contributed by atoms with E-state index in [2.05, 4.69) is 18.2 Å². The normalized spacial score (nSPS) is 18.2. The molecule has 6 heteroatoms. The zero-order valence-corrected chi connectivity index (χ0v) is 14.9. The molecule has 1 heterocycles. The van der Waals surface area contributed by atoms with Gasteiger partial charge in [-0.25, -0.2) is 4.79 Å². The summed E-state index contributed by atoms with van der Waals surface area (Å²) >= 11 is 5.57. The van der Waals surface area contributed by atoms with Crippen molar-refractivity contribution in [2.75, 3.05) is 19.8 Å². The standard InChI is InChI=1S/C20H18ClNO4/c21-19(23)18-12-25-9-8-22(18)20(24)26-11-14-5-3-7-16-15-6-2-1-4-13(15)10-17(14)16/h1-7,18H,8-12H2/t18-/m0/s1. The number of hydrogen-bond acceptors (Lipinski definition) is 4. The quantitative estimate of drug-likeness (QED) is 0.662. The first-order valence-corrected chi connectivity index (χ1v) is 8.92. The lowest BCUT2D eigenvalue weighted by molar-refractivity contribution is -0.121. The van der Waals surface area contributed by atoms with Gasteiger partial charge >= 0.3 is 6.09 Å². The SMILES string of the molecule is O=C(Cl)[C@@H]1COCCN1C(=O)OCc1cccc2c1Cc1ccccc1-2. The summed E-state index contributed by atoms with van der Waals surface area (Å²) in [5, 5.41) is -0.613. The fraction of sp³-hybridized carbons (Fsp3) is 0.300. The lowest BCUT2D eigenvalue weighted by Gasteiger charge is -2.32. The zero-order chi connectivity index (χ0) is 18.1. The predicted octanol–water partition coefficient (Wildman–Crippen LogP) is 3.36. The first kappa shape index (κ1) is 17.1. The van der Waals surface area contributed by atoms with Crippen LogP contribution in [0, 0.1) is 0 Å². The second kappa shape index (κ2) is 7.09. The fourth-order valence-electron chi connectivity index (χ4n) is 3.59. The Balaban J connectivity index is 1.49. The molecule has 1 amide bonds. The number of fused-ring (bicyclic) bond motifs is 3. The van der Waals surface area contributed by atoms with Crippen LogP contribution in [0.2, 0.25) is 0 Å². The average Bonchev–Trinajstić information content (AvgIpc) is 3.05. The van der Waals surface area contributed by atoms with Gasteiger partial charge in [-0.3, -0.25) is 9.69 Å². The van der Waals surface area contributed by atoms with Crippen molar-refractivity contribution in [3.05, 3.63) is 59.2 Å². The van der Waals surface area contributed by atoms with Crippen molar-refractivity contribution in [1.29, 1.82) is 0 Å². The van der Waals surface area contributed by atoms with Crippen LogP contribution in [0.1, 0.15) is 16.7 Å². The number of halogens is 1. The van der Waals surface area contributed by atoms with E-state index >= 15 is 0 Å². The first-order chi connectivity index (χ1) is 12.6. The van der Waals surface area contributed by atoms with Crippen molar-refractivity contribution < 1.29 is 19.1 Å². The molecule has 0 spiro atoms. The molecule has 0 unspecified atom stereocenters. The van der Waals surface area contributed by atoms with Crippen LogP contribution >= 0.6 is 11.6 Å². The molecule has 0 N–H and O–H groups in total. The van der Waals surface area contributed by atoms with E-state index < -0.39 is 17.4 Å². The highest BCUT2D eigenvalue weighted by atomic mass is 35.5. The summed E-state index contributed by atoms with van der Waals surface area (Å²) in [7, 11) is 0. The molecule has 2 aromatic carbocycles. The molecular weight excluding hydrogens is 354 g/mol. The van der Waals surface area contributed by atoms with E-state index in [0.29, 0.717) is 13.2 Å². The minimum atomic E-state index is -0.788. The number of nitrogens with zero attached hydrogens (tertiary/aromatic N) is 1. The number of carbonyl (C=O) groups excluding carboxylic acids is 2. The molecule has 134 valence electrons. The molecule has 2 aliphatic rings. The highest BCUT2D eigenvalue weighted by molar-refractivity contribution is 6.64. The van der Waals surface area contributed by atoms with E-state index in [1.54, 1.807) is 0 Å². The molecule has 0 aromatic heterocycles. The van der Waals surface area contributed by atoms with Crippen molar-refractivity contribution in [2.24, 2.45) is 0 Å². The van der Waals surface area contributed by atoms with Gasteiger partial charge in [0.1, 0.15) is 12.6 Å². The van der Waals surface area contributed by atoms with Gasteiger partial charge < -0.3 is 9.47 Å². The van der Waals surface area contributed by atoms with Crippen LogP contribution in [0.15, 0.2) is 42.5 Å². The van der Waals surface area contributed by atoms with Gasteiger partial charge in [-0.1, -0.05) is 42.5 Å². The number of rotatable bonds is 3. The number of amides is 1.